The molecule has 0 bridgehead atoms. The summed E-state index contributed by atoms with van der Waals surface area (Å²) in [7, 11) is 1.64. The number of pyridine rings is 1. The molecule has 3 nitrogen and oxygen atoms in total. The third kappa shape index (κ3) is 3.09. The Kier molecular flexibility index (Phi) is 4.05. The highest BCUT2D eigenvalue weighted by Crippen LogP contribution is 2.34. The van der Waals surface area contributed by atoms with Crippen LogP contribution in [0.25, 0.3) is 11.1 Å². The van der Waals surface area contributed by atoms with Gasteiger partial charge in [-0.15, -0.1) is 0 Å². The maximum absolute atomic E-state index is 5.77. The number of hydrogen-bond donors (Lipinski definition) is 0. The van der Waals surface area contributed by atoms with E-state index in [2.05, 4.69) is 36.2 Å². The molecule has 110 valence electrons. The molecule has 0 radical (unpaired) electrons. The molecule has 1 aromatic heterocycles. The Bertz CT molecular complexity index is 752. The summed E-state index contributed by atoms with van der Waals surface area (Å²) in [5, 5.41) is 0. The maximum Gasteiger partial charge on any atom is 0.219 e. The number of methoxy groups -OCH3 is 1. The van der Waals surface area contributed by atoms with Gasteiger partial charge in [0.15, 0.2) is 11.5 Å². The molecule has 0 aliphatic heterocycles. The van der Waals surface area contributed by atoms with Crippen LogP contribution in [0.15, 0.2) is 66.9 Å². The third-order valence-electron chi connectivity index (χ3n) is 3.40. The third-order valence-corrected chi connectivity index (χ3v) is 3.40. The van der Waals surface area contributed by atoms with E-state index in [1.807, 2.05) is 36.4 Å². The van der Waals surface area contributed by atoms with Crippen molar-refractivity contribution in [1.29, 1.82) is 0 Å². The van der Waals surface area contributed by atoms with Crippen molar-refractivity contribution < 1.29 is 9.47 Å². The van der Waals surface area contributed by atoms with Crippen molar-refractivity contribution in [2.24, 2.45) is 0 Å². The normalized spacial score (nSPS) is 10.3. The topological polar surface area (TPSA) is 31.4 Å². The van der Waals surface area contributed by atoms with Crippen LogP contribution < -0.4 is 9.47 Å². The zero-order valence-corrected chi connectivity index (χ0v) is 12.6. The van der Waals surface area contributed by atoms with Crippen LogP contribution in [-0.4, -0.2) is 12.1 Å². The number of benzene rings is 2. The Hall–Kier alpha value is -2.81. The molecule has 3 aromatic rings. The maximum atomic E-state index is 5.77. The molecule has 0 saturated heterocycles. The first-order chi connectivity index (χ1) is 10.8. The minimum absolute atomic E-state index is 0.545. The molecule has 0 N–H and O–H groups in total. The highest BCUT2D eigenvalue weighted by Gasteiger charge is 2.08. The Morgan fingerprint density at radius 3 is 2.27 bits per heavy atom. The van der Waals surface area contributed by atoms with E-state index in [1.54, 1.807) is 13.3 Å². The zero-order valence-electron chi connectivity index (χ0n) is 12.6. The molecule has 0 unspecified atom stereocenters. The highest BCUT2D eigenvalue weighted by atomic mass is 16.5. The number of ether oxygens (including phenoxy) is 2. The minimum atomic E-state index is 0.545. The monoisotopic (exact) mass is 291 g/mol. The molecule has 3 rings (SSSR count). The second-order valence-electron chi connectivity index (χ2n) is 5.00. The smallest absolute Gasteiger partial charge is 0.219 e. The lowest BCUT2D eigenvalue weighted by Gasteiger charge is -2.11. The van der Waals surface area contributed by atoms with E-state index in [0.717, 1.165) is 11.1 Å². The molecule has 2 aromatic carbocycles. The molecule has 0 aliphatic rings. The summed E-state index contributed by atoms with van der Waals surface area (Å²) in [6, 6.07) is 19.8. The Labute approximate surface area is 130 Å². The first-order valence-corrected chi connectivity index (χ1v) is 7.10. The van der Waals surface area contributed by atoms with Crippen LogP contribution in [0.3, 0.4) is 0 Å². The van der Waals surface area contributed by atoms with Gasteiger partial charge in [0.25, 0.3) is 0 Å². The molecule has 0 atom stereocenters. The van der Waals surface area contributed by atoms with E-state index in [0.29, 0.717) is 17.4 Å². The fourth-order valence-electron chi connectivity index (χ4n) is 2.20. The first-order valence-electron chi connectivity index (χ1n) is 7.10. The van der Waals surface area contributed by atoms with Crippen LogP contribution in [0.1, 0.15) is 5.56 Å². The van der Waals surface area contributed by atoms with E-state index in [4.69, 9.17) is 9.47 Å². The summed E-state index contributed by atoms with van der Waals surface area (Å²) in [6.07, 6.45) is 1.70. The Morgan fingerprint density at radius 2 is 1.59 bits per heavy atom. The summed E-state index contributed by atoms with van der Waals surface area (Å²) in [5.74, 6) is 1.88. The predicted molar refractivity (Wildman–Crippen MR) is 87.5 cm³/mol. The molecule has 22 heavy (non-hydrogen) atoms. The lowest BCUT2D eigenvalue weighted by Crippen LogP contribution is -1.92. The molecule has 0 saturated carbocycles. The SMILES string of the molecule is COc1cc(-c2ccc(C)cc2)ccc1Oc1ccccn1. The molecule has 3 heteroatoms. The number of aromatic nitrogens is 1. The molecule has 0 spiro atoms. The van der Waals surface area contributed by atoms with Gasteiger partial charge in [0, 0.05) is 12.3 Å². The van der Waals surface area contributed by atoms with Gasteiger partial charge in [-0.3, -0.25) is 0 Å². The molecule has 0 amide bonds. The summed E-state index contributed by atoms with van der Waals surface area (Å²) in [6.45, 7) is 2.08. The van der Waals surface area contributed by atoms with Crippen molar-refractivity contribution in [1.82, 2.24) is 4.98 Å². The van der Waals surface area contributed by atoms with Crippen LogP contribution in [0.2, 0.25) is 0 Å². The van der Waals surface area contributed by atoms with E-state index in [1.165, 1.54) is 5.56 Å². The lowest BCUT2D eigenvalue weighted by atomic mass is 10.0. The van der Waals surface area contributed by atoms with E-state index < -0.39 is 0 Å². The molecule has 0 fully saturated rings. The molecule has 1 heterocycles. The van der Waals surface area contributed by atoms with Crippen LogP contribution in [-0.2, 0) is 0 Å². The number of aryl methyl sites for hydroxylation is 1. The van der Waals surface area contributed by atoms with E-state index >= 15 is 0 Å². The second kappa shape index (κ2) is 6.31. The van der Waals surface area contributed by atoms with Crippen molar-refractivity contribution >= 4 is 0 Å². The highest BCUT2D eigenvalue weighted by molar-refractivity contribution is 5.67. The Balaban J connectivity index is 1.92. The number of hydrogen-bond acceptors (Lipinski definition) is 3. The fourth-order valence-corrected chi connectivity index (χ4v) is 2.20. The van der Waals surface area contributed by atoms with Crippen LogP contribution in [0.4, 0.5) is 0 Å². The van der Waals surface area contributed by atoms with Gasteiger partial charge in [-0.1, -0.05) is 42.0 Å². The van der Waals surface area contributed by atoms with Gasteiger partial charge in [0.2, 0.25) is 5.88 Å². The van der Waals surface area contributed by atoms with Gasteiger partial charge in [0.1, 0.15) is 0 Å². The average Bonchev–Trinajstić information content (AvgIpc) is 2.57. The van der Waals surface area contributed by atoms with E-state index in [-0.39, 0.29) is 0 Å². The largest absolute Gasteiger partial charge is 0.493 e. The van der Waals surface area contributed by atoms with Crippen LogP contribution >= 0.6 is 0 Å². The molecule has 0 aliphatic carbocycles. The van der Waals surface area contributed by atoms with Gasteiger partial charge in [-0.05, 0) is 36.2 Å². The summed E-state index contributed by atoms with van der Waals surface area (Å²) >= 11 is 0. The van der Waals surface area contributed by atoms with Crippen molar-refractivity contribution in [3.05, 3.63) is 72.4 Å². The molecular weight excluding hydrogens is 274 g/mol. The summed E-state index contributed by atoms with van der Waals surface area (Å²) in [5.41, 5.74) is 3.48. The quantitative estimate of drug-likeness (QED) is 0.688. The van der Waals surface area contributed by atoms with Crippen LogP contribution in [0.5, 0.6) is 17.4 Å². The van der Waals surface area contributed by atoms with Gasteiger partial charge >= 0.3 is 0 Å². The summed E-state index contributed by atoms with van der Waals surface area (Å²) < 4.78 is 11.2. The van der Waals surface area contributed by atoms with Gasteiger partial charge in [-0.25, -0.2) is 4.98 Å². The van der Waals surface area contributed by atoms with Gasteiger partial charge < -0.3 is 9.47 Å². The summed E-state index contributed by atoms with van der Waals surface area (Å²) in [4.78, 5) is 4.16. The van der Waals surface area contributed by atoms with Gasteiger partial charge in [-0.2, -0.15) is 0 Å². The van der Waals surface area contributed by atoms with Crippen molar-refractivity contribution in [3.8, 4) is 28.5 Å². The van der Waals surface area contributed by atoms with Crippen molar-refractivity contribution in [3.63, 3.8) is 0 Å². The zero-order chi connectivity index (χ0) is 15.4. The lowest BCUT2D eigenvalue weighted by molar-refractivity contribution is 0.374. The van der Waals surface area contributed by atoms with Crippen LogP contribution in [0, 0.1) is 6.92 Å². The minimum Gasteiger partial charge on any atom is -0.493 e. The van der Waals surface area contributed by atoms with Crippen molar-refractivity contribution in [2.45, 2.75) is 6.92 Å². The first kappa shape index (κ1) is 14.1. The fraction of sp³-hybridized carbons (Fsp3) is 0.105. The standard InChI is InChI=1S/C19H17NO2/c1-14-6-8-15(9-7-14)16-10-11-17(18(13-16)21-2)22-19-5-3-4-12-20-19/h3-13H,1-2H3. The molecular formula is C19H17NO2. The van der Waals surface area contributed by atoms with Gasteiger partial charge in [0.05, 0.1) is 7.11 Å². The van der Waals surface area contributed by atoms with Crippen molar-refractivity contribution in [2.75, 3.05) is 7.11 Å². The average molecular weight is 291 g/mol. The van der Waals surface area contributed by atoms with E-state index in [9.17, 15) is 0 Å². The number of rotatable bonds is 4. The number of nitrogens with zero attached hydrogens (tertiary/aromatic N) is 1. The Morgan fingerprint density at radius 1 is 0.818 bits per heavy atom. The second-order valence-corrected chi connectivity index (χ2v) is 5.00. The predicted octanol–water partition coefficient (Wildman–Crippen LogP) is 4.86.